The number of amides is 2. The molecular weight excluding hydrogens is 394 g/mol. The number of ether oxygens (including phenoxy) is 1. The van der Waals surface area contributed by atoms with Gasteiger partial charge in [-0.15, -0.1) is 11.3 Å². The van der Waals surface area contributed by atoms with Crippen LogP contribution in [0.5, 0.6) is 5.88 Å². The Balaban J connectivity index is 1.74. The minimum atomic E-state index is -0.987. The Kier molecular flexibility index (Phi) is 5.10. The predicted octanol–water partition coefficient (Wildman–Crippen LogP) is 3.02. The SMILES string of the molecule is COc1nccc2c1c(-c1csc(C(N)=O)c1)nn2C1CCC(NC(=O)O)CC1. The van der Waals surface area contributed by atoms with E-state index < -0.39 is 12.0 Å². The number of nitrogens with zero attached hydrogens (tertiary/aromatic N) is 3. The predicted molar refractivity (Wildman–Crippen MR) is 108 cm³/mol. The molecule has 9 nitrogen and oxygen atoms in total. The molecule has 1 fully saturated rings. The van der Waals surface area contributed by atoms with E-state index in [2.05, 4.69) is 10.3 Å². The summed E-state index contributed by atoms with van der Waals surface area (Å²) in [6, 6.07) is 3.74. The summed E-state index contributed by atoms with van der Waals surface area (Å²) >= 11 is 1.28. The molecule has 29 heavy (non-hydrogen) atoms. The normalized spacial score (nSPS) is 19.2. The lowest BCUT2D eigenvalue weighted by atomic mass is 9.91. The quantitative estimate of drug-likeness (QED) is 0.587. The number of nitrogens with two attached hydrogens (primary N) is 1. The molecule has 152 valence electrons. The summed E-state index contributed by atoms with van der Waals surface area (Å²) in [7, 11) is 1.56. The van der Waals surface area contributed by atoms with Crippen molar-refractivity contribution in [1.82, 2.24) is 20.1 Å². The van der Waals surface area contributed by atoms with Gasteiger partial charge in [0.2, 0.25) is 5.88 Å². The van der Waals surface area contributed by atoms with Crippen molar-refractivity contribution in [3.8, 4) is 17.1 Å². The Labute approximate surface area is 170 Å². The van der Waals surface area contributed by atoms with Crippen molar-refractivity contribution in [2.24, 2.45) is 5.73 Å². The maximum Gasteiger partial charge on any atom is 0.404 e. The number of carbonyl (C=O) groups excluding carboxylic acids is 1. The van der Waals surface area contributed by atoms with Crippen LogP contribution in [0, 0.1) is 0 Å². The fourth-order valence-electron chi connectivity index (χ4n) is 3.92. The lowest BCUT2D eigenvalue weighted by molar-refractivity contribution is 0.100. The van der Waals surface area contributed by atoms with Gasteiger partial charge in [0.05, 0.1) is 28.9 Å². The fraction of sp³-hybridized carbons (Fsp3) is 0.368. The zero-order chi connectivity index (χ0) is 20.5. The summed E-state index contributed by atoms with van der Waals surface area (Å²) in [5.41, 5.74) is 7.79. The van der Waals surface area contributed by atoms with E-state index in [4.69, 9.17) is 20.7 Å². The van der Waals surface area contributed by atoms with Crippen LogP contribution in [0.3, 0.4) is 0 Å². The maximum atomic E-state index is 11.5. The zero-order valence-electron chi connectivity index (χ0n) is 15.8. The van der Waals surface area contributed by atoms with Crippen LogP contribution >= 0.6 is 11.3 Å². The molecule has 1 aliphatic carbocycles. The number of hydrogen-bond donors (Lipinski definition) is 3. The largest absolute Gasteiger partial charge is 0.480 e. The zero-order valence-corrected chi connectivity index (χ0v) is 16.6. The Bertz CT molecular complexity index is 1070. The van der Waals surface area contributed by atoms with Crippen LogP contribution in [0.25, 0.3) is 22.2 Å². The van der Waals surface area contributed by atoms with Gasteiger partial charge in [-0.05, 0) is 37.8 Å². The van der Waals surface area contributed by atoms with Crippen LogP contribution in [-0.4, -0.2) is 45.0 Å². The Morgan fingerprint density at radius 1 is 1.34 bits per heavy atom. The fourth-order valence-corrected chi connectivity index (χ4v) is 4.67. The summed E-state index contributed by atoms with van der Waals surface area (Å²) in [6.07, 6.45) is 3.81. The average molecular weight is 415 g/mol. The molecule has 0 aromatic carbocycles. The number of carbonyl (C=O) groups is 2. The molecule has 0 radical (unpaired) electrons. The summed E-state index contributed by atoms with van der Waals surface area (Å²) in [4.78, 5) is 27.2. The number of thiophene rings is 1. The first-order valence-corrected chi connectivity index (χ1v) is 10.1. The summed E-state index contributed by atoms with van der Waals surface area (Å²) in [5.74, 6) is -0.00358. The van der Waals surface area contributed by atoms with E-state index in [-0.39, 0.29) is 12.1 Å². The van der Waals surface area contributed by atoms with Crippen LogP contribution in [0.1, 0.15) is 41.4 Å². The van der Waals surface area contributed by atoms with Crippen molar-refractivity contribution in [1.29, 1.82) is 0 Å². The van der Waals surface area contributed by atoms with Gasteiger partial charge in [0.25, 0.3) is 5.91 Å². The highest BCUT2D eigenvalue weighted by atomic mass is 32.1. The number of rotatable bonds is 5. The highest BCUT2D eigenvalue weighted by Gasteiger charge is 2.27. The van der Waals surface area contributed by atoms with Crippen LogP contribution in [0.4, 0.5) is 4.79 Å². The van der Waals surface area contributed by atoms with Crippen molar-refractivity contribution in [2.75, 3.05) is 7.11 Å². The van der Waals surface area contributed by atoms with Crippen molar-refractivity contribution in [2.45, 2.75) is 37.8 Å². The van der Waals surface area contributed by atoms with E-state index in [0.29, 0.717) is 16.5 Å². The second-order valence-corrected chi connectivity index (χ2v) is 7.94. The number of hydrogen-bond acceptors (Lipinski definition) is 6. The molecule has 4 rings (SSSR count). The molecule has 0 saturated heterocycles. The minimum absolute atomic E-state index is 0.0313. The van der Waals surface area contributed by atoms with Gasteiger partial charge in [-0.2, -0.15) is 5.10 Å². The number of methoxy groups -OCH3 is 1. The van der Waals surface area contributed by atoms with Crippen molar-refractivity contribution >= 4 is 34.2 Å². The standard InChI is InChI=1S/C19H21N5O4S/c1-28-18-15-13(6-7-21-18)24(12-4-2-11(3-5-12)22-19(26)27)23-16(15)10-8-14(17(20)25)29-9-10/h6-9,11-12,22H,2-5H2,1H3,(H2,20,25)(H,26,27). The molecule has 0 spiro atoms. The van der Waals surface area contributed by atoms with Crippen LogP contribution in [-0.2, 0) is 0 Å². The van der Waals surface area contributed by atoms with Gasteiger partial charge in [0.1, 0.15) is 5.69 Å². The molecule has 2 amide bonds. The van der Waals surface area contributed by atoms with Crippen LogP contribution in [0.15, 0.2) is 23.7 Å². The van der Waals surface area contributed by atoms with Crippen LogP contribution < -0.4 is 15.8 Å². The monoisotopic (exact) mass is 415 g/mol. The van der Waals surface area contributed by atoms with Gasteiger partial charge < -0.3 is 20.9 Å². The first kappa shape index (κ1) is 19.2. The molecule has 10 heteroatoms. The second-order valence-electron chi connectivity index (χ2n) is 7.03. The lowest BCUT2D eigenvalue weighted by Crippen LogP contribution is -2.37. The molecule has 0 aliphatic heterocycles. The van der Waals surface area contributed by atoms with Crippen molar-refractivity contribution in [3.63, 3.8) is 0 Å². The Morgan fingerprint density at radius 3 is 2.72 bits per heavy atom. The number of pyridine rings is 1. The number of aromatic nitrogens is 3. The van der Waals surface area contributed by atoms with E-state index in [9.17, 15) is 9.59 Å². The van der Waals surface area contributed by atoms with E-state index in [1.54, 1.807) is 19.4 Å². The van der Waals surface area contributed by atoms with E-state index in [1.807, 2.05) is 16.1 Å². The van der Waals surface area contributed by atoms with Gasteiger partial charge >= 0.3 is 6.09 Å². The average Bonchev–Trinajstić information content (AvgIpc) is 3.33. The Hall–Kier alpha value is -3.14. The van der Waals surface area contributed by atoms with Crippen molar-refractivity contribution in [3.05, 3.63) is 28.6 Å². The topological polar surface area (TPSA) is 132 Å². The van der Waals surface area contributed by atoms with Gasteiger partial charge in [0, 0.05) is 23.2 Å². The van der Waals surface area contributed by atoms with Gasteiger partial charge in [-0.25, -0.2) is 9.78 Å². The van der Waals surface area contributed by atoms with E-state index in [0.717, 1.165) is 42.1 Å². The van der Waals surface area contributed by atoms with Gasteiger partial charge in [0.15, 0.2) is 0 Å². The third kappa shape index (κ3) is 3.63. The molecule has 0 atom stereocenters. The molecule has 3 aromatic rings. The minimum Gasteiger partial charge on any atom is -0.480 e. The summed E-state index contributed by atoms with van der Waals surface area (Å²) in [5, 5.41) is 19.0. The third-order valence-corrected chi connectivity index (χ3v) is 6.21. The number of primary amides is 1. The number of nitrogens with one attached hydrogen (secondary N) is 1. The molecule has 1 aliphatic rings. The third-order valence-electron chi connectivity index (χ3n) is 5.26. The molecule has 4 N–H and O–H groups in total. The number of carboxylic acid groups (broad SMARTS) is 1. The summed E-state index contributed by atoms with van der Waals surface area (Å²) in [6.45, 7) is 0. The molecular formula is C19H21N5O4S. The molecule has 1 saturated carbocycles. The first-order chi connectivity index (χ1) is 14.0. The Morgan fingerprint density at radius 2 is 2.10 bits per heavy atom. The molecule has 0 bridgehead atoms. The highest BCUT2D eigenvalue weighted by Crippen LogP contribution is 2.39. The van der Waals surface area contributed by atoms with Crippen LogP contribution in [0.2, 0.25) is 0 Å². The first-order valence-electron chi connectivity index (χ1n) is 9.27. The summed E-state index contributed by atoms with van der Waals surface area (Å²) < 4.78 is 7.46. The van der Waals surface area contributed by atoms with Crippen molar-refractivity contribution < 1.29 is 19.4 Å². The smallest absolute Gasteiger partial charge is 0.404 e. The molecule has 3 heterocycles. The van der Waals surface area contributed by atoms with Gasteiger partial charge in [-0.1, -0.05) is 0 Å². The molecule has 3 aromatic heterocycles. The second kappa shape index (κ2) is 7.70. The van der Waals surface area contributed by atoms with E-state index in [1.165, 1.54) is 11.3 Å². The van der Waals surface area contributed by atoms with E-state index >= 15 is 0 Å². The number of fused-ring (bicyclic) bond motifs is 1. The highest BCUT2D eigenvalue weighted by molar-refractivity contribution is 7.12. The van der Waals surface area contributed by atoms with Gasteiger partial charge in [-0.3, -0.25) is 9.48 Å². The lowest BCUT2D eigenvalue weighted by Gasteiger charge is -2.28. The molecule has 0 unspecified atom stereocenters. The maximum absolute atomic E-state index is 11.5.